The van der Waals surface area contributed by atoms with Crippen molar-refractivity contribution < 1.29 is 19.1 Å². The fourth-order valence-corrected chi connectivity index (χ4v) is 4.29. The van der Waals surface area contributed by atoms with E-state index in [0.717, 1.165) is 23.5 Å². The van der Waals surface area contributed by atoms with E-state index in [0.29, 0.717) is 26.2 Å². The molecule has 152 valence electrons. The van der Waals surface area contributed by atoms with E-state index in [9.17, 15) is 9.59 Å². The molecule has 1 atom stereocenters. The maximum atomic E-state index is 12.4. The third kappa shape index (κ3) is 4.98. The van der Waals surface area contributed by atoms with E-state index in [2.05, 4.69) is 0 Å². The molecule has 2 aliphatic heterocycles. The molecular formula is C22H24N2O4S. The molecule has 0 saturated carbocycles. The van der Waals surface area contributed by atoms with E-state index in [1.54, 1.807) is 22.3 Å². The lowest BCUT2D eigenvalue weighted by Gasteiger charge is -2.35. The molecule has 2 amide bonds. The fourth-order valence-electron chi connectivity index (χ4n) is 3.68. The molecule has 2 aliphatic rings. The Hall–Kier alpha value is -2.80. The summed E-state index contributed by atoms with van der Waals surface area (Å²) in [7, 11) is 0. The predicted molar refractivity (Wildman–Crippen MR) is 112 cm³/mol. The van der Waals surface area contributed by atoms with Crippen LogP contribution in [0.1, 0.15) is 17.7 Å². The minimum atomic E-state index is -0.283. The predicted octanol–water partition coefficient (Wildman–Crippen LogP) is 3.65. The number of amides is 2. The lowest BCUT2D eigenvalue weighted by Crippen LogP contribution is -2.47. The molecule has 0 bridgehead atoms. The summed E-state index contributed by atoms with van der Waals surface area (Å²) in [4.78, 5) is 29.4. The maximum absolute atomic E-state index is 12.4. The first kappa shape index (κ1) is 19.5. The van der Waals surface area contributed by atoms with Crippen molar-refractivity contribution in [3.05, 3.63) is 58.8 Å². The number of cyclic esters (lactones) is 1. The van der Waals surface area contributed by atoms with Gasteiger partial charge in [0, 0.05) is 30.1 Å². The monoisotopic (exact) mass is 412 g/mol. The zero-order chi connectivity index (χ0) is 20.1. The second kappa shape index (κ2) is 9.13. The van der Waals surface area contributed by atoms with Gasteiger partial charge >= 0.3 is 6.09 Å². The maximum Gasteiger partial charge on any atom is 0.410 e. The quantitative estimate of drug-likeness (QED) is 0.680. The Morgan fingerprint density at radius 1 is 1.17 bits per heavy atom. The molecule has 4 rings (SSSR count). The zero-order valence-electron chi connectivity index (χ0n) is 16.1. The molecule has 0 spiro atoms. The molecular weight excluding hydrogens is 388 g/mol. The first-order valence-corrected chi connectivity index (χ1v) is 10.7. The number of thiophene rings is 1. The van der Waals surface area contributed by atoms with Gasteiger partial charge in [0.25, 0.3) is 0 Å². The largest absolute Gasteiger partial charge is 0.490 e. The number of hydrogen-bond acceptors (Lipinski definition) is 5. The lowest BCUT2D eigenvalue weighted by molar-refractivity contribution is -0.127. The summed E-state index contributed by atoms with van der Waals surface area (Å²) < 4.78 is 11.2. The van der Waals surface area contributed by atoms with E-state index in [1.165, 1.54) is 0 Å². The molecule has 0 radical (unpaired) electrons. The summed E-state index contributed by atoms with van der Waals surface area (Å²) >= 11 is 1.61. The fraction of sp³-hybridized carbons (Fsp3) is 0.364. The SMILES string of the molecule is O=C(/C=C/c1cccs1)N1CCC(N2CC(COc3ccccc3)OC2=O)CC1. The average molecular weight is 413 g/mol. The number of piperidine rings is 1. The van der Waals surface area contributed by atoms with Gasteiger partial charge in [-0.15, -0.1) is 11.3 Å². The Balaban J connectivity index is 1.24. The van der Waals surface area contributed by atoms with Gasteiger partial charge in [-0.2, -0.15) is 0 Å². The molecule has 0 aliphatic carbocycles. The molecule has 1 aromatic heterocycles. The van der Waals surface area contributed by atoms with E-state index in [4.69, 9.17) is 9.47 Å². The summed E-state index contributed by atoms with van der Waals surface area (Å²) in [6.45, 7) is 2.17. The van der Waals surface area contributed by atoms with Gasteiger partial charge in [0.2, 0.25) is 5.91 Å². The number of likely N-dealkylation sites (tertiary alicyclic amines) is 1. The standard InChI is InChI=1S/C22H24N2O4S/c25-21(9-8-20-7-4-14-29-20)23-12-10-17(11-13-23)24-15-19(28-22(24)26)16-27-18-5-2-1-3-6-18/h1-9,14,17,19H,10-13,15-16H2/b9-8+. The Morgan fingerprint density at radius 3 is 2.69 bits per heavy atom. The summed E-state index contributed by atoms with van der Waals surface area (Å²) in [5.41, 5.74) is 0. The van der Waals surface area contributed by atoms with Gasteiger partial charge in [0.1, 0.15) is 12.4 Å². The molecule has 29 heavy (non-hydrogen) atoms. The lowest BCUT2D eigenvalue weighted by atomic mass is 10.0. The highest BCUT2D eigenvalue weighted by Crippen LogP contribution is 2.23. The van der Waals surface area contributed by atoms with E-state index < -0.39 is 0 Å². The summed E-state index contributed by atoms with van der Waals surface area (Å²) in [6.07, 6.45) is 4.46. The normalized spacial score (nSPS) is 20.3. The van der Waals surface area contributed by atoms with Crippen molar-refractivity contribution in [3.8, 4) is 5.75 Å². The first-order valence-electron chi connectivity index (χ1n) is 9.84. The molecule has 1 unspecified atom stereocenters. The molecule has 3 heterocycles. The van der Waals surface area contributed by atoms with Crippen molar-refractivity contribution >= 4 is 29.4 Å². The minimum Gasteiger partial charge on any atom is -0.490 e. The van der Waals surface area contributed by atoms with E-state index in [1.807, 2.05) is 58.8 Å². The number of ether oxygens (including phenoxy) is 2. The van der Waals surface area contributed by atoms with Crippen LogP contribution in [0.3, 0.4) is 0 Å². The van der Waals surface area contributed by atoms with Crippen LogP contribution in [0, 0.1) is 0 Å². The van der Waals surface area contributed by atoms with Crippen LogP contribution in [0.2, 0.25) is 0 Å². The summed E-state index contributed by atoms with van der Waals surface area (Å²) in [5, 5.41) is 1.99. The van der Waals surface area contributed by atoms with Crippen LogP contribution < -0.4 is 4.74 Å². The molecule has 2 saturated heterocycles. The Morgan fingerprint density at radius 2 is 1.97 bits per heavy atom. The van der Waals surface area contributed by atoms with Crippen LogP contribution in [-0.4, -0.2) is 60.2 Å². The molecule has 2 fully saturated rings. The topological polar surface area (TPSA) is 59.1 Å². The van der Waals surface area contributed by atoms with Crippen molar-refractivity contribution in [2.75, 3.05) is 26.2 Å². The third-order valence-corrected chi connectivity index (χ3v) is 6.07. The molecule has 6 nitrogen and oxygen atoms in total. The van der Waals surface area contributed by atoms with E-state index in [-0.39, 0.29) is 24.1 Å². The van der Waals surface area contributed by atoms with Gasteiger partial charge in [0.05, 0.1) is 6.54 Å². The van der Waals surface area contributed by atoms with Crippen LogP contribution in [-0.2, 0) is 9.53 Å². The highest BCUT2D eigenvalue weighted by Gasteiger charge is 2.38. The summed E-state index contributed by atoms with van der Waals surface area (Å²) in [6, 6.07) is 13.6. The number of hydrogen-bond donors (Lipinski definition) is 0. The third-order valence-electron chi connectivity index (χ3n) is 5.23. The Bertz CT molecular complexity index is 845. The van der Waals surface area contributed by atoms with Crippen molar-refractivity contribution in [1.82, 2.24) is 9.80 Å². The zero-order valence-corrected chi connectivity index (χ0v) is 16.9. The first-order chi connectivity index (χ1) is 14.2. The van der Waals surface area contributed by atoms with Gasteiger partial charge in [-0.3, -0.25) is 4.79 Å². The minimum absolute atomic E-state index is 0.0231. The van der Waals surface area contributed by atoms with Gasteiger partial charge in [-0.05, 0) is 42.5 Å². The number of para-hydroxylation sites is 1. The van der Waals surface area contributed by atoms with Crippen molar-refractivity contribution in [1.29, 1.82) is 0 Å². The number of carbonyl (C=O) groups excluding carboxylic acids is 2. The number of carbonyl (C=O) groups is 2. The smallest absolute Gasteiger partial charge is 0.410 e. The summed E-state index contributed by atoms with van der Waals surface area (Å²) in [5.74, 6) is 0.791. The second-order valence-corrected chi connectivity index (χ2v) is 8.17. The van der Waals surface area contributed by atoms with Gasteiger partial charge in [-0.25, -0.2) is 4.79 Å². The molecule has 1 aromatic carbocycles. The Labute approximate surface area is 174 Å². The van der Waals surface area contributed by atoms with Crippen molar-refractivity contribution in [2.24, 2.45) is 0 Å². The van der Waals surface area contributed by atoms with Crippen LogP contribution in [0.4, 0.5) is 4.79 Å². The highest BCUT2D eigenvalue weighted by atomic mass is 32.1. The second-order valence-electron chi connectivity index (χ2n) is 7.19. The molecule has 2 aromatic rings. The van der Waals surface area contributed by atoms with Gasteiger partial charge in [-0.1, -0.05) is 24.3 Å². The van der Waals surface area contributed by atoms with E-state index >= 15 is 0 Å². The van der Waals surface area contributed by atoms with Crippen LogP contribution in [0.15, 0.2) is 53.9 Å². The van der Waals surface area contributed by atoms with Crippen LogP contribution in [0.25, 0.3) is 6.08 Å². The number of nitrogens with zero attached hydrogens (tertiary/aromatic N) is 2. The van der Waals surface area contributed by atoms with Gasteiger partial charge in [0.15, 0.2) is 6.10 Å². The van der Waals surface area contributed by atoms with Gasteiger partial charge < -0.3 is 19.3 Å². The van der Waals surface area contributed by atoms with Crippen molar-refractivity contribution in [3.63, 3.8) is 0 Å². The van der Waals surface area contributed by atoms with Crippen molar-refractivity contribution in [2.45, 2.75) is 25.0 Å². The Kier molecular flexibility index (Phi) is 6.14. The van der Waals surface area contributed by atoms with Crippen LogP contribution in [0.5, 0.6) is 5.75 Å². The number of benzene rings is 1. The molecule has 0 N–H and O–H groups in total. The van der Waals surface area contributed by atoms with Crippen LogP contribution >= 0.6 is 11.3 Å². The number of rotatable bonds is 6. The highest BCUT2D eigenvalue weighted by molar-refractivity contribution is 7.10. The average Bonchev–Trinajstić information content (AvgIpc) is 3.41. The molecule has 7 heteroatoms.